The van der Waals surface area contributed by atoms with Crippen LogP contribution < -0.4 is 5.32 Å². The fourth-order valence-corrected chi connectivity index (χ4v) is 2.86. The molecule has 0 aliphatic heterocycles. The fourth-order valence-electron chi connectivity index (χ4n) is 2.86. The molecular formula is C17H26N2O. The third kappa shape index (κ3) is 3.81. The highest BCUT2D eigenvalue weighted by Gasteiger charge is 2.28. The number of carbonyl (C=O) groups excluding carboxylic acids is 1. The number of hydrogen-bond acceptors (Lipinski definition) is 2. The van der Waals surface area contributed by atoms with Crippen molar-refractivity contribution in [3.8, 4) is 0 Å². The summed E-state index contributed by atoms with van der Waals surface area (Å²) in [6, 6.07) is 4.31. The Balaban J connectivity index is 1.97. The Morgan fingerprint density at radius 2 is 2.20 bits per heavy atom. The van der Waals surface area contributed by atoms with E-state index in [2.05, 4.69) is 37.1 Å². The first-order valence-corrected chi connectivity index (χ1v) is 7.82. The van der Waals surface area contributed by atoms with E-state index in [4.69, 9.17) is 0 Å². The van der Waals surface area contributed by atoms with Crippen LogP contribution in [0.15, 0.2) is 18.3 Å². The Labute approximate surface area is 122 Å². The van der Waals surface area contributed by atoms with E-state index in [1.165, 1.54) is 5.56 Å². The summed E-state index contributed by atoms with van der Waals surface area (Å²) < 4.78 is 0. The minimum atomic E-state index is -0.0542. The van der Waals surface area contributed by atoms with Gasteiger partial charge >= 0.3 is 0 Å². The summed E-state index contributed by atoms with van der Waals surface area (Å²) >= 11 is 0. The zero-order chi connectivity index (χ0) is 14.5. The Morgan fingerprint density at radius 3 is 2.95 bits per heavy atom. The van der Waals surface area contributed by atoms with E-state index in [0.717, 1.165) is 37.8 Å². The summed E-state index contributed by atoms with van der Waals surface area (Å²) in [6.07, 6.45) is 7.05. The summed E-state index contributed by atoms with van der Waals surface area (Å²) in [7, 11) is 0. The van der Waals surface area contributed by atoms with E-state index < -0.39 is 0 Å². The molecule has 1 heterocycles. The fraction of sp³-hybridized carbons (Fsp3) is 0.647. The zero-order valence-electron chi connectivity index (χ0n) is 12.9. The average molecular weight is 274 g/mol. The molecule has 0 bridgehead atoms. The summed E-state index contributed by atoms with van der Waals surface area (Å²) in [5.41, 5.74) is 2.24. The maximum Gasteiger partial charge on any atom is 0.229 e. The van der Waals surface area contributed by atoms with Gasteiger partial charge in [-0.2, -0.15) is 0 Å². The second kappa shape index (κ2) is 6.87. The van der Waals surface area contributed by atoms with Gasteiger partial charge in [-0.05, 0) is 56.6 Å². The summed E-state index contributed by atoms with van der Waals surface area (Å²) in [4.78, 5) is 16.9. The molecule has 1 aliphatic carbocycles. The number of nitrogens with one attached hydrogen (secondary N) is 1. The Kier molecular flexibility index (Phi) is 5.16. The number of carbonyl (C=O) groups is 1. The van der Waals surface area contributed by atoms with Gasteiger partial charge in [0.15, 0.2) is 0 Å². The third-order valence-corrected chi connectivity index (χ3v) is 4.08. The highest BCUT2D eigenvalue weighted by Crippen LogP contribution is 2.30. The van der Waals surface area contributed by atoms with Gasteiger partial charge in [0.05, 0.1) is 11.6 Å². The first kappa shape index (κ1) is 15.0. The highest BCUT2D eigenvalue weighted by molar-refractivity contribution is 5.84. The van der Waals surface area contributed by atoms with Crippen LogP contribution >= 0.6 is 0 Å². The summed E-state index contributed by atoms with van der Waals surface area (Å²) in [5, 5.41) is 3.17. The van der Waals surface area contributed by atoms with E-state index in [1.807, 2.05) is 6.07 Å². The second-order valence-corrected chi connectivity index (χ2v) is 6.37. The molecule has 2 atom stereocenters. The van der Waals surface area contributed by atoms with Gasteiger partial charge in [0.25, 0.3) is 0 Å². The smallest absolute Gasteiger partial charge is 0.229 e. The normalized spacial score (nSPS) is 19.5. The third-order valence-electron chi connectivity index (χ3n) is 4.08. The van der Waals surface area contributed by atoms with E-state index in [9.17, 15) is 4.79 Å². The van der Waals surface area contributed by atoms with Crippen molar-refractivity contribution in [3.05, 3.63) is 29.6 Å². The lowest BCUT2D eigenvalue weighted by atomic mass is 9.86. The number of aryl methyl sites for hydroxylation is 1. The van der Waals surface area contributed by atoms with Crippen LogP contribution in [0.1, 0.15) is 63.6 Å². The molecule has 0 saturated carbocycles. The highest BCUT2D eigenvalue weighted by atomic mass is 16.1. The molecule has 0 aromatic carbocycles. The maximum absolute atomic E-state index is 12.5. The van der Waals surface area contributed by atoms with Crippen LogP contribution in [0.25, 0.3) is 0 Å². The first-order chi connectivity index (χ1) is 9.58. The van der Waals surface area contributed by atoms with E-state index in [-0.39, 0.29) is 17.9 Å². The molecule has 1 N–H and O–H groups in total. The number of hydrogen-bond donors (Lipinski definition) is 1. The zero-order valence-corrected chi connectivity index (χ0v) is 12.9. The molecule has 1 aromatic rings. The van der Waals surface area contributed by atoms with E-state index in [1.54, 1.807) is 6.20 Å². The molecule has 1 aliphatic rings. The largest absolute Gasteiger partial charge is 0.353 e. The summed E-state index contributed by atoms with van der Waals surface area (Å²) in [5.74, 6) is 0.786. The molecule has 3 heteroatoms. The van der Waals surface area contributed by atoms with Gasteiger partial charge in [-0.3, -0.25) is 9.78 Å². The standard InChI is InChI=1S/C17H26N2O/c1-12(2)9-10-13(3)19-17(20)15-8-4-6-14-7-5-11-18-16(14)15/h5,7,11-13,15H,4,6,8-10H2,1-3H3,(H,19,20). The number of amides is 1. The van der Waals surface area contributed by atoms with Crippen LogP contribution in [0, 0.1) is 5.92 Å². The second-order valence-electron chi connectivity index (χ2n) is 6.37. The molecule has 1 amide bonds. The number of rotatable bonds is 5. The van der Waals surface area contributed by atoms with E-state index >= 15 is 0 Å². The van der Waals surface area contributed by atoms with Gasteiger partial charge in [0, 0.05) is 12.2 Å². The van der Waals surface area contributed by atoms with Gasteiger partial charge < -0.3 is 5.32 Å². The quantitative estimate of drug-likeness (QED) is 0.893. The molecule has 110 valence electrons. The molecule has 1 aromatic heterocycles. The average Bonchev–Trinajstić information content (AvgIpc) is 2.44. The lowest BCUT2D eigenvalue weighted by Gasteiger charge is -2.25. The minimum absolute atomic E-state index is 0.0542. The minimum Gasteiger partial charge on any atom is -0.353 e. The lowest BCUT2D eigenvalue weighted by molar-refractivity contribution is -0.123. The van der Waals surface area contributed by atoms with Gasteiger partial charge in [0.2, 0.25) is 5.91 Å². The van der Waals surface area contributed by atoms with Crippen LogP contribution in [0.4, 0.5) is 0 Å². The monoisotopic (exact) mass is 274 g/mol. The molecule has 0 spiro atoms. The van der Waals surface area contributed by atoms with Crippen molar-refractivity contribution in [3.63, 3.8) is 0 Å². The van der Waals surface area contributed by atoms with Crippen molar-refractivity contribution in [1.82, 2.24) is 10.3 Å². The van der Waals surface area contributed by atoms with Crippen LogP contribution in [-0.4, -0.2) is 16.9 Å². The number of fused-ring (bicyclic) bond motifs is 1. The molecule has 0 radical (unpaired) electrons. The Hall–Kier alpha value is -1.38. The van der Waals surface area contributed by atoms with Crippen molar-refractivity contribution in [1.29, 1.82) is 0 Å². The van der Waals surface area contributed by atoms with Gasteiger partial charge in [-0.25, -0.2) is 0 Å². The molecule has 0 saturated heterocycles. The van der Waals surface area contributed by atoms with Crippen molar-refractivity contribution >= 4 is 5.91 Å². The van der Waals surface area contributed by atoms with Crippen molar-refractivity contribution < 1.29 is 4.79 Å². The summed E-state index contributed by atoms with van der Waals surface area (Å²) in [6.45, 7) is 6.54. The molecule has 2 unspecified atom stereocenters. The van der Waals surface area contributed by atoms with Crippen molar-refractivity contribution in [2.75, 3.05) is 0 Å². The van der Waals surface area contributed by atoms with Crippen LogP contribution in [0.5, 0.6) is 0 Å². The van der Waals surface area contributed by atoms with Gasteiger partial charge in [-0.1, -0.05) is 19.9 Å². The van der Waals surface area contributed by atoms with E-state index in [0.29, 0.717) is 5.92 Å². The Morgan fingerprint density at radius 1 is 1.40 bits per heavy atom. The lowest BCUT2D eigenvalue weighted by Crippen LogP contribution is -2.37. The van der Waals surface area contributed by atoms with Gasteiger partial charge in [0.1, 0.15) is 0 Å². The predicted molar refractivity (Wildman–Crippen MR) is 81.6 cm³/mol. The SMILES string of the molecule is CC(C)CCC(C)NC(=O)C1CCCc2cccnc21. The first-order valence-electron chi connectivity index (χ1n) is 7.82. The molecule has 3 nitrogen and oxygen atoms in total. The number of nitrogens with zero attached hydrogens (tertiary/aromatic N) is 1. The number of aromatic nitrogens is 1. The molecule has 0 fully saturated rings. The molecule has 20 heavy (non-hydrogen) atoms. The maximum atomic E-state index is 12.5. The van der Waals surface area contributed by atoms with Crippen LogP contribution in [-0.2, 0) is 11.2 Å². The number of pyridine rings is 1. The predicted octanol–water partition coefficient (Wildman–Crippen LogP) is 3.44. The topological polar surface area (TPSA) is 42.0 Å². The van der Waals surface area contributed by atoms with Crippen LogP contribution in [0.3, 0.4) is 0 Å². The van der Waals surface area contributed by atoms with Crippen molar-refractivity contribution in [2.45, 2.75) is 64.8 Å². The molecular weight excluding hydrogens is 248 g/mol. The Bertz CT molecular complexity index is 456. The molecule has 2 rings (SSSR count). The van der Waals surface area contributed by atoms with Crippen molar-refractivity contribution in [2.24, 2.45) is 5.92 Å². The van der Waals surface area contributed by atoms with Crippen LogP contribution in [0.2, 0.25) is 0 Å². The van der Waals surface area contributed by atoms with Gasteiger partial charge in [-0.15, -0.1) is 0 Å².